The zero-order chi connectivity index (χ0) is 9.97. The lowest BCUT2D eigenvalue weighted by molar-refractivity contribution is 0.743. The molecule has 0 aliphatic carbocycles. The minimum Gasteiger partial charge on any atom is -0.384 e. The first-order valence-corrected chi connectivity index (χ1v) is 5.05. The Labute approximate surface area is 85.1 Å². The third-order valence-electron chi connectivity index (χ3n) is 2.47. The monoisotopic (exact) mass is 188 g/mol. The average Bonchev–Trinajstić information content (AvgIpc) is 2.21. The fourth-order valence-electron chi connectivity index (χ4n) is 1.50. The van der Waals surface area contributed by atoms with E-state index in [1.54, 1.807) is 0 Å². The van der Waals surface area contributed by atoms with Crippen LogP contribution in [0.5, 0.6) is 0 Å². The van der Waals surface area contributed by atoms with Crippen LogP contribution >= 0.6 is 0 Å². The molecule has 2 heteroatoms. The summed E-state index contributed by atoms with van der Waals surface area (Å²) in [7, 11) is 0. The van der Waals surface area contributed by atoms with Crippen LogP contribution in [0.25, 0.3) is 0 Å². The Morgan fingerprint density at radius 3 is 1.57 bits per heavy atom. The number of hydrogen-bond donors (Lipinski definition) is 2. The molecule has 2 aliphatic heterocycles. The van der Waals surface area contributed by atoms with Gasteiger partial charge in [-0.25, -0.2) is 0 Å². The fourth-order valence-corrected chi connectivity index (χ4v) is 1.50. The van der Waals surface area contributed by atoms with Crippen LogP contribution in [-0.4, -0.2) is 12.1 Å². The minimum atomic E-state index is 0.443. The van der Waals surface area contributed by atoms with Crippen LogP contribution in [0.2, 0.25) is 0 Å². The molecule has 2 aliphatic rings. The summed E-state index contributed by atoms with van der Waals surface area (Å²) < 4.78 is 0. The van der Waals surface area contributed by atoms with Crippen molar-refractivity contribution in [1.29, 1.82) is 0 Å². The number of dihydropyridines is 2. The lowest BCUT2D eigenvalue weighted by Gasteiger charge is -2.19. The zero-order valence-electron chi connectivity index (χ0n) is 8.62. The summed E-state index contributed by atoms with van der Waals surface area (Å²) >= 11 is 0. The first-order valence-electron chi connectivity index (χ1n) is 5.05. The standard InChI is InChI=1S/C12H16N2/c1-9-3-5-11(7-13-9)12-6-4-10(2)14-8-12/h3-10,13-14H,1-2H3. The van der Waals surface area contributed by atoms with Crippen molar-refractivity contribution in [1.82, 2.24) is 10.6 Å². The molecule has 0 saturated carbocycles. The molecule has 14 heavy (non-hydrogen) atoms. The smallest absolute Gasteiger partial charge is 0.0414 e. The van der Waals surface area contributed by atoms with Crippen molar-refractivity contribution in [3.05, 3.63) is 47.9 Å². The Balaban J connectivity index is 2.11. The quantitative estimate of drug-likeness (QED) is 0.656. The second-order valence-electron chi connectivity index (χ2n) is 3.83. The molecule has 2 atom stereocenters. The normalized spacial score (nSPS) is 30.1. The highest BCUT2D eigenvalue weighted by atomic mass is 14.9. The largest absolute Gasteiger partial charge is 0.384 e. The van der Waals surface area contributed by atoms with Gasteiger partial charge in [0.2, 0.25) is 0 Å². The maximum Gasteiger partial charge on any atom is 0.0414 e. The Morgan fingerprint density at radius 1 is 0.857 bits per heavy atom. The van der Waals surface area contributed by atoms with E-state index in [9.17, 15) is 0 Å². The van der Waals surface area contributed by atoms with E-state index in [2.05, 4.69) is 61.2 Å². The van der Waals surface area contributed by atoms with Crippen LogP contribution in [0, 0.1) is 0 Å². The van der Waals surface area contributed by atoms with Gasteiger partial charge >= 0.3 is 0 Å². The van der Waals surface area contributed by atoms with E-state index in [4.69, 9.17) is 0 Å². The molecule has 0 radical (unpaired) electrons. The van der Waals surface area contributed by atoms with Crippen molar-refractivity contribution < 1.29 is 0 Å². The Bertz CT molecular complexity index is 300. The van der Waals surface area contributed by atoms with Crippen LogP contribution in [0.15, 0.2) is 47.9 Å². The molecule has 0 aromatic heterocycles. The average molecular weight is 188 g/mol. The van der Waals surface area contributed by atoms with Crippen molar-refractivity contribution >= 4 is 0 Å². The van der Waals surface area contributed by atoms with E-state index in [-0.39, 0.29) is 0 Å². The number of hydrogen-bond acceptors (Lipinski definition) is 2. The van der Waals surface area contributed by atoms with E-state index >= 15 is 0 Å². The molecule has 0 spiro atoms. The van der Waals surface area contributed by atoms with Crippen LogP contribution in [-0.2, 0) is 0 Å². The van der Waals surface area contributed by atoms with Gasteiger partial charge in [-0.3, -0.25) is 0 Å². The second-order valence-corrected chi connectivity index (χ2v) is 3.83. The molecule has 2 N–H and O–H groups in total. The molecule has 2 rings (SSSR count). The summed E-state index contributed by atoms with van der Waals surface area (Å²) in [5.74, 6) is 0. The second kappa shape index (κ2) is 3.74. The number of nitrogens with one attached hydrogen (secondary N) is 2. The first kappa shape index (κ1) is 9.13. The van der Waals surface area contributed by atoms with Crippen molar-refractivity contribution in [3.63, 3.8) is 0 Å². The summed E-state index contributed by atoms with van der Waals surface area (Å²) in [6.07, 6.45) is 12.8. The van der Waals surface area contributed by atoms with Gasteiger partial charge in [0.05, 0.1) is 0 Å². The van der Waals surface area contributed by atoms with Gasteiger partial charge < -0.3 is 10.6 Å². The molecule has 2 heterocycles. The molecule has 74 valence electrons. The highest BCUT2D eigenvalue weighted by Crippen LogP contribution is 2.17. The molecule has 0 aromatic carbocycles. The van der Waals surface area contributed by atoms with Gasteiger partial charge in [-0.05, 0) is 25.0 Å². The van der Waals surface area contributed by atoms with Gasteiger partial charge in [-0.2, -0.15) is 0 Å². The lowest BCUT2D eigenvalue weighted by Crippen LogP contribution is -2.24. The van der Waals surface area contributed by atoms with Crippen molar-refractivity contribution in [2.24, 2.45) is 0 Å². The van der Waals surface area contributed by atoms with E-state index in [0.717, 1.165) is 0 Å². The Hall–Kier alpha value is -1.44. The number of rotatable bonds is 1. The van der Waals surface area contributed by atoms with Gasteiger partial charge in [-0.15, -0.1) is 0 Å². The van der Waals surface area contributed by atoms with Gasteiger partial charge in [-0.1, -0.05) is 24.3 Å². The molecule has 0 bridgehead atoms. The van der Waals surface area contributed by atoms with E-state index < -0.39 is 0 Å². The summed E-state index contributed by atoms with van der Waals surface area (Å²) in [6.45, 7) is 4.27. The topological polar surface area (TPSA) is 24.1 Å². The van der Waals surface area contributed by atoms with E-state index in [0.29, 0.717) is 12.1 Å². The summed E-state index contributed by atoms with van der Waals surface area (Å²) in [6, 6.07) is 0.887. The molecule has 0 aromatic rings. The molecule has 0 saturated heterocycles. The van der Waals surface area contributed by atoms with Crippen molar-refractivity contribution in [2.75, 3.05) is 0 Å². The maximum absolute atomic E-state index is 3.29. The van der Waals surface area contributed by atoms with E-state index in [1.807, 2.05) is 0 Å². The molecule has 2 nitrogen and oxygen atoms in total. The third kappa shape index (κ3) is 1.90. The van der Waals surface area contributed by atoms with Gasteiger partial charge in [0.25, 0.3) is 0 Å². The molecule has 0 fully saturated rings. The van der Waals surface area contributed by atoms with Gasteiger partial charge in [0.1, 0.15) is 0 Å². The summed E-state index contributed by atoms with van der Waals surface area (Å²) in [5.41, 5.74) is 2.47. The lowest BCUT2D eigenvalue weighted by atomic mass is 10.0. The predicted octanol–water partition coefficient (Wildman–Crippen LogP) is 1.85. The summed E-state index contributed by atoms with van der Waals surface area (Å²) in [5, 5.41) is 6.58. The SMILES string of the molecule is CC1C=CC(C2=CNC(C)C=C2)=CN1. The molecule has 2 unspecified atom stereocenters. The van der Waals surface area contributed by atoms with Gasteiger partial charge in [0.15, 0.2) is 0 Å². The van der Waals surface area contributed by atoms with Crippen molar-refractivity contribution in [3.8, 4) is 0 Å². The van der Waals surface area contributed by atoms with Crippen molar-refractivity contribution in [2.45, 2.75) is 25.9 Å². The maximum atomic E-state index is 3.29. The first-order chi connectivity index (χ1) is 6.75. The van der Waals surface area contributed by atoms with E-state index in [1.165, 1.54) is 11.1 Å². The van der Waals surface area contributed by atoms with Crippen LogP contribution in [0.4, 0.5) is 0 Å². The van der Waals surface area contributed by atoms with Crippen LogP contribution < -0.4 is 10.6 Å². The Kier molecular flexibility index (Phi) is 2.44. The molecular formula is C12H16N2. The highest BCUT2D eigenvalue weighted by Gasteiger charge is 2.08. The predicted molar refractivity (Wildman–Crippen MR) is 59.6 cm³/mol. The van der Waals surface area contributed by atoms with Crippen LogP contribution in [0.1, 0.15) is 13.8 Å². The Morgan fingerprint density at radius 2 is 1.29 bits per heavy atom. The van der Waals surface area contributed by atoms with Crippen LogP contribution in [0.3, 0.4) is 0 Å². The highest BCUT2D eigenvalue weighted by molar-refractivity contribution is 5.48. The summed E-state index contributed by atoms with van der Waals surface area (Å²) in [4.78, 5) is 0. The third-order valence-corrected chi connectivity index (χ3v) is 2.47. The fraction of sp³-hybridized carbons (Fsp3) is 0.333. The molecule has 0 amide bonds. The number of allylic oxidation sites excluding steroid dienone is 4. The zero-order valence-corrected chi connectivity index (χ0v) is 8.62. The molecular weight excluding hydrogens is 172 g/mol. The minimum absolute atomic E-state index is 0.443. The van der Waals surface area contributed by atoms with Gasteiger partial charge in [0, 0.05) is 24.5 Å².